The molecule has 1 rings (SSSR count). The van der Waals surface area contributed by atoms with Crippen molar-refractivity contribution in [2.45, 2.75) is 20.3 Å². The molecule has 1 aromatic rings. The summed E-state index contributed by atoms with van der Waals surface area (Å²) in [6.07, 6.45) is 0.573. The van der Waals surface area contributed by atoms with E-state index in [1.807, 2.05) is 38.1 Å². The zero-order valence-corrected chi connectivity index (χ0v) is 8.45. The molecule has 14 heavy (non-hydrogen) atoms. The minimum absolute atomic E-state index is 0.0706. The van der Waals surface area contributed by atoms with E-state index in [4.69, 9.17) is 5.26 Å². The topological polar surface area (TPSA) is 40.9 Å². The van der Waals surface area contributed by atoms with Crippen molar-refractivity contribution in [1.82, 2.24) is 0 Å². The molecule has 0 spiro atoms. The Kier molecular flexibility index (Phi) is 3.41. The van der Waals surface area contributed by atoms with Gasteiger partial charge in [-0.25, -0.2) is 0 Å². The molecule has 0 heterocycles. The molecular weight excluding hydrogens is 174 g/mol. The molecule has 2 nitrogen and oxygen atoms in total. The van der Waals surface area contributed by atoms with E-state index < -0.39 is 5.92 Å². The standard InChI is InChI=1S/C12H13NO/c1-3-10(8-13)12(14)11-6-4-5-9(2)7-11/h4-7,10H,3H2,1-2H3. The summed E-state index contributed by atoms with van der Waals surface area (Å²) in [6.45, 7) is 3.78. The fourth-order valence-electron chi connectivity index (χ4n) is 1.33. The van der Waals surface area contributed by atoms with Crippen LogP contribution in [0.5, 0.6) is 0 Å². The summed E-state index contributed by atoms with van der Waals surface area (Å²) in [5.41, 5.74) is 1.68. The lowest BCUT2D eigenvalue weighted by Crippen LogP contribution is -2.11. The molecule has 0 saturated carbocycles. The SMILES string of the molecule is CCC(C#N)C(=O)c1cccc(C)c1. The molecule has 0 aliphatic heterocycles. The number of benzene rings is 1. The monoisotopic (exact) mass is 187 g/mol. The van der Waals surface area contributed by atoms with Crippen LogP contribution in [0.15, 0.2) is 24.3 Å². The Hall–Kier alpha value is -1.62. The van der Waals surface area contributed by atoms with Gasteiger partial charge in [-0.15, -0.1) is 0 Å². The predicted octanol–water partition coefficient (Wildman–Crippen LogP) is 2.73. The fraction of sp³-hybridized carbons (Fsp3) is 0.333. The summed E-state index contributed by atoms with van der Waals surface area (Å²) in [7, 11) is 0. The zero-order valence-electron chi connectivity index (χ0n) is 8.45. The van der Waals surface area contributed by atoms with Crippen LogP contribution in [-0.2, 0) is 0 Å². The van der Waals surface area contributed by atoms with E-state index in [-0.39, 0.29) is 5.78 Å². The van der Waals surface area contributed by atoms with Gasteiger partial charge in [0.1, 0.15) is 5.92 Å². The second kappa shape index (κ2) is 4.57. The van der Waals surface area contributed by atoms with Gasteiger partial charge in [-0.05, 0) is 19.4 Å². The summed E-state index contributed by atoms with van der Waals surface area (Å²) in [5, 5.41) is 8.76. The summed E-state index contributed by atoms with van der Waals surface area (Å²) >= 11 is 0. The van der Waals surface area contributed by atoms with Crippen molar-refractivity contribution in [3.63, 3.8) is 0 Å². The van der Waals surface area contributed by atoms with Gasteiger partial charge in [-0.3, -0.25) is 4.79 Å². The van der Waals surface area contributed by atoms with Gasteiger partial charge in [0.05, 0.1) is 6.07 Å². The first-order valence-electron chi connectivity index (χ1n) is 4.69. The van der Waals surface area contributed by atoms with Gasteiger partial charge in [0, 0.05) is 5.56 Å². The summed E-state index contributed by atoms with van der Waals surface area (Å²) in [6, 6.07) is 9.38. The van der Waals surface area contributed by atoms with E-state index in [0.717, 1.165) is 5.56 Å². The summed E-state index contributed by atoms with van der Waals surface area (Å²) in [4.78, 5) is 11.7. The van der Waals surface area contributed by atoms with Crippen molar-refractivity contribution in [1.29, 1.82) is 5.26 Å². The number of hydrogen-bond acceptors (Lipinski definition) is 2. The first kappa shape index (κ1) is 10.5. The molecule has 0 aliphatic carbocycles. The zero-order chi connectivity index (χ0) is 10.6. The second-order valence-corrected chi connectivity index (χ2v) is 3.32. The molecule has 0 saturated heterocycles. The smallest absolute Gasteiger partial charge is 0.179 e. The fourth-order valence-corrected chi connectivity index (χ4v) is 1.33. The molecule has 0 N–H and O–H groups in total. The molecule has 2 heteroatoms. The Morgan fingerprint density at radius 1 is 1.57 bits per heavy atom. The van der Waals surface area contributed by atoms with Crippen molar-refractivity contribution < 1.29 is 4.79 Å². The summed E-state index contributed by atoms with van der Waals surface area (Å²) in [5.74, 6) is -0.574. The van der Waals surface area contributed by atoms with Crippen LogP contribution in [0.25, 0.3) is 0 Å². The molecule has 0 aromatic heterocycles. The lowest BCUT2D eigenvalue weighted by Gasteiger charge is -2.05. The molecule has 1 unspecified atom stereocenters. The van der Waals surface area contributed by atoms with Gasteiger partial charge < -0.3 is 0 Å². The molecule has 0 amide bonds. The molecule has 1 aromatic carbocycles. The van der Waals surface area contributed by atoms with Crippen molar-refractivity contribution in [3.8, 4) is 6.07 Å². The van der Waals surface area contributed by atoms with Gasteiger partial charge in [0.15, 0.2) is 5.78 Å². The second-order valence-electron chi connectivity index (χ2n) is 3.32. The highest BCUT2D eigenvalue weighted by molar-refractivity contribution is 5.99. The van der Waals surface area contributed by atoms with Gasteiger partial charge in [0.25, 0.3) is 0 Å². The first-order valence-corrected chi connectivity index (χ1v) is 4.69. The lowest BCUT2D eigenvalue weighted by atomic mass is 9.96. The number of carbonyl (C=O) groups is 1. The summed E-state index contributed by atoms with van der Waals surface area (Å²) < 4.78 is 0. The Morgan fingerprint density at radius 3 is 2.79 bits per heavy atom. The van der Waals surface area contributed by atoms with Crippen molar-refractivity contribution in [2.75, 3.05) is 0 Å². The van der Waals surface area contributed by atoms with Crippen LogP contribution in [0.4, 0.5) is 0 Å². The molecule has 0 radical (unpaired) electrons. The molecule has 72 valence electrons. The highest BCUT2D eigenvalue weighted by atomic mass is 16.1. The molecule has 0 fully saturated rings. The van der Waals surface area contributed by atoms with Crippen LogP contribution < -0.4 is 0 Å². The quantitative estimate of drug-likeness (QED) is 0.682. The van der Waals surface area contributed by atoms with E-state index in [0.29, 0.717) is 12.0 Å². The number of hydrogen-bond donors (Lipinski definition) is 0. The molecule has 0 bridgehead atoms. The van der Waals surface area contributed by atoms with Crippen LogP contribution >= 0.6 is 0 Å². The van der Waals surface area contributed by atoms with Gasteiger partial charge >= 0.3 is 0 Å². The number of nitrogens with zero attached hydrogens (tertiary/aromatic N) is 1. The maximum absolute atomic E-state index is 11.7. The van der Waals surface area contributed by atoms with E-state index in [1.54, 1.807) is 6.07 Å². The molecule has 1 atom stereocenters. The van der Waals surface area contributed by atoms with Crippen molar-refractivity contribution in [3.05, 3.63) is 35.4 Å². The van der Waals surface area contributed by atoms with Gasteiger partial charge in [-0.2, -0.15) is 5.26 Å². The highest BCUT2D eigenvalue weighted by Gasteiger charge is 2.16. The molecule has 0 aliphatic rings. The van der Waals surface area contributed by atoms with Crippen LogP contribution in [0.1, 0.15) is 29.3 Å². The number of carbonyl (C=O) groups excluding carboxylic acids is 1. The third-order valence-electron chi connectivity index (χ3n) is 2.18. The maximum atomic E-state index is 11.7. The number of ketones is 1. The average Bonchev–Trinajstić information content (AvgIpc) is 2.19. The maximum Gasteiger partial charge on any atom is 0.179 e. The van der Waals surface area contributed by atoms with Crippen LogP contribution in [0.3, 0.4) is 0 Å². The van der Waals surface area contributed by atoms with Crippen LogP contribution in [0, 0.1) is 24.2 Å². The Balaban J connectivity index is 2.95. The minimum atomic E-state index is -0.503. The Morgan fingerprint density at radius 2 is 2.29 bits per heavy atom. The van der Waals surface area contributed by atoms with E-state index in [1.165, 1.54) is 0 Å². The largest absolute Gasteiger partial charge is 0.293 e. The van der Waals surface area contributed by atoms with Crippen molar-refractivity contribution in [2.24, 2.45) is 5.92 Å². The lowest BCUT2D eigenvalue weighted by molar-refractivity contribution is 0.0946. The van der Waals surface area contributed by atoms with Gasteiger partial charge in [-0.1, -0.05) is 30.7 Å². The number of nitriles is 1. The normalized spacial score (nSPS) is 11.8. The van der Waals surface area contributed by atoms with E-state index >= 15 is 0 Å². The molecular formula is C12H13NO. The Labute approximate surface area is 84.2 Å². The van der Waals surface area contributed by atoms with Crippen LogP contribution in [0.2, 0.25) is 0 Å². The Bertz CT molecular complexity index is 376. The third kappa shape index (κ3) is 2.20. The van der Waals surface area contributed by atoms with E-state index in [9.17, 15) is 4.79 Å². The van der Waals surface area contributed by atoms with Crippen molar-refractivity contribution >= 4 is 5.78 Å². The first-order chi connectivity index (χ1) is 6.69. The van der Waals surface area contributed by atoms with E-state index in [2.05, 4.69) is 0 Å². The minimum Gasteiger partial charge on any atom is -0.293 e. The number of Topliss-reactive ketones (excluding diaryl/α,β-unsaturated/α-hetero) is 1. The predicted molar refractivity (Wildman–Crippen MR) is 54.9 cm³/mol. The highest BCUT2D eigenvalue weighted by Crippen LogP contribution is 2.12. The number of rotatable bonds is 3. The van der Waals surface area contributed by atoms with Crippen LogP contribution in [-0.4, -0.2) is 5.78 Å². The number of aryl methyl sites for hydroxylation is 1. The van der Waals surface area contributed by atoms with Gasteiger partial charge in [0.2, 0.25) is 0 Å². The average molecular weight is 187 g/mol. The third-order valence-corrected chi connectivity index (χ3v) is 2.18.